The van der Waals surface area contributed by atoms with Crippen molar-refractivity contribution in [2.45, 2.75) is 46.6 Å². The number of nitrogen functional groups attached to an aromatic ring is 1. The van der Waals surface area contributed by atoms with Crippen LogP contribution in [0.2, 0.25) is 0 Å². The van der Waals surface area contributed by atoms with E-state index in [4.69, 9.17) is 10.7 Å². The first-order chi connectivity index (χ1) is 8.29. The van der Waals surface area contributed by atoms with Crippen molar-refractivity contribution in [2.75, 3.05) is 5.73 Å². The minimum Gasteiger partial charge on any atom is -0.399 e. The molecule has 0 fully saturated rings. The second-order valence-corrected chi connectivity index (χ2v) is 6.44. The van der Waals surface area contributed by atoms with Gasteiger partial charge in [0.25, 0.3) is 0 Å². The number of fused-ring (bicyclic) bond motifs is 1. The van der Waals surface area contributed by atoms with Crippen LogP contribution in [0.4, 0.5) is 5.69 Å². The average Bonchev–Trinajstić information content (AvgIpc) is 2.55. The highest BCUT2D eigenvalue weighted by atomic mass is 15.1. The second kappa shape index (κ2) is 4.30. The highest BCUT2D eigenvalue weighted by Crippen LogP contribution is 2.28. The fourth-order valence-electron chi connectivity index (χ4n) is 2.27. The van der Waals surface area contributed by atoms with Crippen LogP contribution in [-0.2, 0) is 12.0 Å². The molecule has 0 amide bonds. The van der Waals surface area contributed by atoms with E-state index in [9.17, 15) is 0 Å². The Hall–Kier alpha value is -1.51. The molecule has 0 spiro atoms. The van der Waals surface area contributed by atoms with Gasteiger partial charge in [-0.3, -0.25) is 0 Å². The van der Waals surface area contributed by atoms with E-state index in [1.54, 1.807) is 0 Å². The van der Waals surface area contributed by atoms with Gasteiger partial charge in [0.1, 0.15) is 5.82 Å². The zero-order chi connectivity index (χ0) is 13.5. The van der Waals surface area contributed by atoms with Gasteiger partial charge >= 0.3 is 0 Å². The number of hydrogen-bond donors (Lipinski definition) is 1. The molecule has 3 nitrogen and oxygen atoms in total. The lowest BCUT2D eigenvalue weighted by molar-refractivity contribution is 0.459. The maximum Gasteiger partial charge on any atom is 0.115 e. The maximum atomic E-state index is 5.84. The summed E-state index contributed by atoms with van der Waals surface area (Å²) in [5.41, 5.74) is 8.85. The van der Waals surface area contributed by atoms with Gasteiger partial charge in [-0.15, -0.1) is 0 Å². The van der Waals surface area contributed by atoms with Crippen molar-refractivity contribution in [1.82, 2.24) is 9.55 Å². The standard InChI is InChI=1S/C15H23N3/c1-10(2)9-18-13-7-6-11(16)8-12(13)17-14(18)15(3,4)5/h6-8,10H,9,16H2,1-5H3. The van der Waals surface area contributed by atoms with Crippen molar-refractivity contribution < 1.29 is 0 Å². The molecule has 0 saturated carbocycles. The summed E-state index contributed by atoms with van der Waals surface area (Å²) >= 11 is 0. The molecule has 0 aliphatic rings. The molecule has 2 rings (SSSR count). The largest absolute Gasteiger partial charge is 0.399 e. The first-order valence-corrected chi connectivity index (χ1v) is 6.55. The summed E-state index contributed by atoms with van der Waals surface area (Å²) in [7, 11) is 0. The SMILES string of the molecule is CC(C)Cn1c(C(C)(C)C)nc2cc(N)ccc21. The lowest BCUT2D eigenvalue weighted by Gasteiger charge is -2.21. The normalized spacial score (nSPS) is 12.6. The molecule has 3 heteroatoms. The number of benzene rings is 1. The Morgan fingerprint density at radius 1 is 1.28 bits per heavy atom. The number of nitrogens with two attached hydrogens (primary N) is 1. The Balaban J connectivity index is 2.68. The highest BCUT2D eigenvalue weighted by Gasteiger charge is 2.23. The molecule has 2 aromatic rings. The van der Waals surface area contributed by atoms with Gasteiger partial charge < -0.3 is 10.3 Å². The van der Waals surface area contributed by atoms with E-state index in [0.717, 1.165) is 23.6 Å². The molecule has 0 atom stereocenters. The third-order valence-electron chi connectivity index (χ3n) is 2.99. The lowest BCUT2D eigenvalue weighted by Crippen LogP contribution is -2.20. The van der Waals surface area contributed by atoms with Crippen LogP contribution in [0.25, 0.3) is 11.0 Å². The fourth-order valence-corrected chi connectivity index (χ4v) is 2.27. The molecule has 2 N–H and O–H groups in total. The van der Waals surface area contributed by atoms with Gasteiger partial charge in [0, 0.05) is 17.6 Å². The van der Waals surface area contributed by atoms with E-state index in [0.29, 0.717) is 5.92 Å². The molecule has 1 heterocycles. The van der Waals surface area contributed by atoms with Crippen LogP contribution in [0.5, 0.6) is 0 Å². The summed E-state index contributed by atoms with van der Waals surface area (Å²) < 4.78 is 2.33. The smallest absolute Gasteiger partial charge is 0.115 e. The number of nitrogens with zero attached hydrogens (tertiary/aromatic N) is 2. The molecule has 1 aromatic carbocycles. The monoisotopic (exact) mass is 245 g/mol. The number of rotatable bonds is 2. The molecular formula is C15H23N3. The number of aromatic nitrogens is 2. The lowest BCUT2D eigenvalue weighted by atomic mass is 9.95. The van der Waals surface area contributed by atoms with E-state index in [1.165, 1.54) is 5.52 Å². The summed E-state index contributed by atoms with van der Waals surface area (Å²) in [5, 5.41) is 0. The zero-order valence-electron chi connectivity index (χ0n) is 12.0. The first-order valence-electron chi connectivity index (χ1n) is 6.55. The minimum atomic E-state index is 0.0443. The van der Waals surface area contributed by atoms with Crippen LogP contribution in [0, 0.1) is 5.92 Å². The van der Waals surface area contributed by atoms with Crippen LogP contribution in [0.15, 0.2) is 18.2 Å². The topological polar surface area (TPSA) is 43.8 Å². The molecule has 0 unspecified atom stereocenters. The molecular weight excluding hydrogens is 222 g/mol. The van der Waals surface area contributed by atoms with Crippen molar-refractivity contribution >= 4 is 16.7 Å². The Bertz CT molecular complexity index is 559. The summed E-state index contributed by atoms with van der Waals surface area (Å²) in [5.74, 6) is 1.73. The van der Waals surface area contributed by atoms with Gasteiger partial charge in [-0.05, 0) is 24.1 Å². The number of hydrogen-bond acceptors (Lipinski definition) is 2. The maximum absolute atomic E-state index is 5.84. The van der Waals surface area contributed by atoms with Crippen molar-refractivity contribution in [3.8, 4) is 0 Å². The molecule has 0 bridgehead atoms. The predicted molar refractivity (Wildman–Crippen MR) is 77.7 cm³/mol. The number of imidazole rings is 1. The van der Waals surface area contributed by atoms with Gasteiger partial charge in [0.05, 0.1) is 11.0 Å². The van der Waals surface area contributed by atoms with Crippen LogP contribution in [0.3, 0.4) is 0 Å². The van der Waals surface area contributed by atoms with E-state index >= 15 is 0 Å². The van der Waals surface area contributed by atoms with E-state index in [-0.39, 0.29) is 5.41 Å². The Morgan fingerprint density at radius 2 is 1.94 bits per heavy atom. The van der Waals surface area contributed by atoms with Crippen molar-refractivity contribution in [2.24, 2.45) is 5.92 Å². The Kier molecular flexibility index (Phi) is 3.09. The molecule has 1 aromatic heterocycles. The van der Waals surface area contributed by atoms with Crippen LogP contribution >= 0.6 is 0 Å². The predicted octanol–water partition coefficient (Wildman–Crippen LogP) is 3.57. The van der Waals surface area contributed by atoms with Gasteiger partial charge in [-0.1, -0.05) is 34.6 Å². The molecule has 0 saturated heterocycles. The summed E-state index contributed by atoms with van der Waals surface area (Å²) in [6, 6.07) is 5.99. The van der Waals surface area contributed by atoms with Gasteiger partial charge in [-0.25, -0.2) is 4.98 Å². The Labute approximate surface area is 109 Å². The molecule has 0 radical (unpaired) electrons. The fraction of sp³-hybridized carbons (Fsp3) is 0.533. The van der Waals surface area contributed by atoms with Crippen molar-refractivity contribution in [1.29, 1.82) is 0 Å². The van der Waals surface area contributed by atoms with Crippen LogP contribution in [0.1, 0.15) is 40.4 Å². The second-order valence-electron chi connectivity index (χ2n) is 6.44. The minimum absolute atomic E-state index is 0.0443. The van der Waals surface area contributed by atoms with Crippen LogP contribution < -0.4 is 5.73 Å². The summed E-state index contributed by atoms with van der Waals surface area (Å²) in [6.45, 7) is 12.1. The Morgan fingerprint density at radius 3 is 2.50 bits per heavy atom. The first kappa shape index (κ1) is 12.9. The average molecular weight is 245 g/mol. The molecule has 18 heavy (non-hydrogen) atoms. The van der Waals surface area contributed by atoms with Crippen molar-refractivity contribution in [3.63, 3.8) is 0 Å². The summed E-state index contributed by atoms with van der Waals surface area (Å²) in [4.78, 5) is 4.78. The quantitative estimate of drug-likeness (QED) is 0.822. The van der Waals surface area contributed by atoms with Gasteiger partial charge in [0.2, 0.25) is 0 Å². The summed E-state index contributed by atoms with van der Waals surface area (Å²) in [6.07, 6.45) is 0. The van der Waals surface area contributed by atoms with E-state index in [1.807, 2.05) is 12.1 Å². The molecule has 98 valence electrons. The molecule has 0 aliphatic heterocycles. The number of anilines is 1. The highest BCUT2D eigenvalue weighted by molar-refractivity contribution is 5.79. The van der Waals surface area contributed by atoms with E-state index in [2.05, 4.69) is 45.3 Å². The van der Waals surface area contributed by atoms with Gasteiger partial charge in [0.15, 0.2) is 0 Å². The van der Waals surface area contributed by atoms with Crippen molar-refractivity contribution in [3.05, 3.63) is 24.0 Å². The molecule has 0 aliphatic carbocycles. The van der Waals surface area contributed by atoms with Crippen LogP contribution in [-0.4, -0.2) is 9.55 Å². The third kappa shape index (κ3) is 2.35. The third-order valence-corrected chi connectivity index (χ3v) is 2.99. The zero-order valence-corrected chi connectivity index (χ0v) is 12.0. The van der Waals surface area contributed by atoms with Gasteiger partial charge in [-0.2, -0.15) is 0 Å². The van der Waals surface area contributed by atoms with E-state index < -0.39 is 0 Å².